The Kier molecular flexibility index (Phi) is 5.68. The van der Waals surface area contributed by atoms with E-state index in [0.29, 0.717) is 13.0 Å². The average Bonchev–Trinajstić information content (AvgIpc) is 2.29. The number of nitrogens with one attached hydrogen (secondary N) is 1. The molecule has 0 bridgehead atoms. The fraction of sp³-hybridized carbons (Fsp3) is 1.00. The fourth-order valence-electron chi connectivity index (χ4n) is 1.90. The maximum Gasteiger partial charge on any atom is 0.214 e. The van der Waals surface area contributed by atoms with Crippen LogP contribution in [-0.4, -0.2) is 58.4 Å². The number of hydrogen-bond donors (Lipinski definition) is 1. The first kappa shape index (κ1) is 13.9. The second-order valence-corrected chi connectivity index (χ2v) is 6.33. The van der Waals surface area contributed by atoms with Crippen molar-refractivity contribution in [3.8, 4) is 0 Å². The van der Waals surface area contributed by atoms with Crippen LogP contribution in [0.25, 0.3) is 0 Å². The van der Waals surface area contributed by atoms with Gasteiger partial charge in [0.1, 0.15) is 0 Å². The van der Waals surface area contributed by atoms with E-state index in [1.807, 2.05) is 0 Å². The summed E-state index contributed by atoms with van der Waals surface area (Å²) in [5, 5.41) is 3.22. The van der Waals surface area contributed by atoms with Crippen molar-refractivity contribution in [2.24, 2.45) is 0 Å². The van der Waals surface area contributed by atoms with E-state index in [9.17, 15) is 8.42 Å². The Balaban J connectivity index is 2.46. The molecule has 16 heavy (non-hydrogen) atoms. The van der Waals surface area contributed by atoms with E-state index in [1.54, 1.807) is 14.2 Å². The third kappa shape index (κ3) is 4.01. The van der Waals surface area contributed by atoms with Gasteiger partial charge in [-0.05, 0) is 25.8 Å². The van der Waals surface area contributed by atoms with Crippen molar-refractivity contribution in [2.45, 2.75) is 25.3 Å². The molecule has 0 aliphatic carbocycles. The Labute approximate surface area is 98.2 Å². The lowest BCUT2D eigenvalue weighted by Crippen LogP contribution is -2.47. The molecule has 1 aliphatic rings. The van der Waals surface area contributed by atoms with Gasteiger partial charge in [-0.15, -0.1) is 0 Å². The van der Waals surface area contributed by atoms with Crippen molar-refractivity contribution in [2.75, 3.05) is 39.6 Å². The smallest absolute Gasteiger partial charge is 0.214 e. The molecular formula is C10H22N2O3S. The highest BCUT2D eigenvalue weighted by atomic mass is 32.2. The largest absolute Gasteiger partial charge is 0.385 e. The lowest BCUT2D eigenvalue weighted by Gasteiger charge is -2.30. The Morgan fingerprint density at radius 2 is 2.25 bits per heavy atom. The molecule has 1 N–H and O–H groups in total. The highest BCUT2D eigenvalue weighted by Crippen LogP contribution is 2.13. The SMILES string of the molecule is COCCCS(=O)(=O)N(C)C1CCCNC1. The van der Waals surface area contributed by atoms with E-state index >= 15 is 0 Å². The van der Waals surface area contributed by atoms with E-state index in [1.165, 1.54) is 4.31 Å². The molecule has 1 rings (SSSR count). The van der Waals surface area contributed by atoms with Gasteiger partial charge < -0.3 is 10.1 Å². The second-order valence-electron chi connectivity index (χ2n) is 4.18. The van der Waals surface area contributed by atoms with Gasteiger partial charge in [-0.3, -0.25) is 0 Å². The summed E-state index contributed by atoms with van der Waals surface area (Å²) in [5.41, 5.74) is 0. The quantitative estimate of drug-likeness (QED) is 0.676. The molecule has 0 aromatic carbocycles. The number of rotatable bonds is 6. The van der Waals surface area contributed by atoms with Gasteiger partial charge in [0, 0.05) is 33.4 Å². The van der Waals surface area contributed by atoms with Crippen LogP contribution in [0, 0.1) is 0 Å². The molecule has 1 saturated heterocycles. The molecule has 6 heteroatoms. The predicted molar refractivity (Wildman–Crippen MR) is 63.9 cm³/mol. The van der Waals surface area contributed by atoms with Crippen molar-refractivity contribution >= 4 is 10.0 Å². The lowest BCUT2D eigenvalue weighted by atomic mass is 10.1. The molecule has 0 aromatic heterocycles. The molecule has 1 atom stereocenters. The number of likely N-dealkylation sites (N-methyl/N-ethyl adjacent to an activating group) is 1. The zero-order valence-electron chi connectivity index (χ0n) is 10.1. The molecule has 0 radical (unpaired) electrons. The lowest BCUT2D eigenvalue weighted by molar-refractivity contribution is 0.199. The Morgan fingerprint density at radius 1 is 1.50 bits per heavy atom. The topological polar surface area (TPSA) is 58.6 Å². The monoisotopic (exact) mass is 250 g/mol. The molecule has 0 aromatic rings. The third-order valence-corrected chi connectivity index (χ3v) is 4.95. The van der Waals surface area contributed by atoms with Crippen LogP contribution in [0.15, 0.2) is 0 Å². The summed E-state index contributed by atoms with van der Waals surface area (Å²) in [7, 11) is 0.146. The first-order valence-corrected chi connectivity index (χ1v) is 7.34. The van der Waals surface area contributed by atoms with Crippen LogP contribution < -0.4 is 5.32 Å². The van der Waals surface area contributed by atoms with Gasteiger partial charge in [0.05, 0.1) is 5.75 Å². The molecule has 1 heterocycles. The van der Waals surface area contributed by atoms with Crippen LogP contribution in [0.3, 0.4) is 0 Å². The van der Waals surface area contributed by atoms with E-state index in [-0.39, 0.29) is 11.8 Å². The zero-order valence-corrected chi connectivity index (χ0v) is 10.9. The first-order chi connectivity index (χ1) is 7.58. The summed E-state index contributed by atoms with van der Waals surface area (Å²) in [6.07, 6.45) is 2.55. The average molecular weight is 250 g/mol. The van der Waals surface area contributed by atoms with Gasteiger partial charge >= 0.3 is 0 Å². The first-order valence-electron chi connectivity index (χ1n) is 5.73. The van der Waals surface area contributed by atoms with Crippen LogP contribution in [0.5, 0.6) is 0 Å². The van der Waals surface area contributed by atoms with E-state index < -0.39 is 10.0 Å². The predicted octanol–water partition coefficient (Wildman–Crippen LogP) is 0.0365. The van der Waals surface area contributed by atoms with Gasteiger partial charge in [-0.1, -0.05) is 0 Å². The summed E-state index contributed by atoms with van der Waals surface area (Å²) >= 11 is 0. The maximum absolute atomic E-state index is 11.9. The molecule has 0 saturated carbocycles. The number of hydrogen-bond acceptors (Lipinski definition) is 4. The minimum absolute atomic E-state index is 0.112. The van der Waals surface area contributed by atoms with Gasteiger partial charge in [-0.25, -0.2) is 12.7 Å². The molecule has 0 amide bonds. The normalized spacial score (nSPS) is 22.6. The Hall–Kier alpha value is -0.170. The molecule has 1 unspecified atom stereocenters. The summed E-state index contributed by atoms with van der Waals surface area (Å²) in [4.78, 5) is 0. The van der Waals surface area contributed by atoms with E-state index in [4.69, 9.17) is 4.74 Å². The standard InChI is InChI=1S/C10H22N2O3S/c1-12(10-5-3-6-11-9-10)16(13,14)8-4-7-15-2/h10-11H,3-9H2,1-2H3. The number of nitrogens with zero attached hydrogens (tertiary/aromatic N) is 1. The zero-order chi connectivity index (χ0) is 12.0. The Morgan fingerprint density at radius 3 is 2.81 bits per heavy atom. The highest BCUT2D eigenvalue weighted by Gasteiger charge is 2.26. The van der Waals surface area contributed by atoms with E-state index in [2.05, 4.69) is 5.32 Å². The minimum atomic E-state index is -3.12. The summed E-state index contributed by atoms with van der Waals surface area (Å²) in [6, 6.07) is 0.112. The van der Waals surface area contributed by atoms with Gasteiger partial charge in [-0.2, -0.15) is 0 Å². The molecule has 0 spiro atoms. The van der Waals surface area contributed by atoms with Crippen molar-refractivity contribution in [1.29, 1.82) is 0 Å². The van der Waals surface area contributed by atoms with Gasteiger partial charge in [0.2, 0.25) is 10.0 Å². The summed E-state index contributed by atoms with van der Waals surface area (Å²) in [5.74, 6) is 0.174. The van der Waals surface area contributed by atoms with Crippen LogP contribution >= 0.6 is 0 Å². The number of methoxy groups -OCH3 is 1. The summed E-state index contributed by atoms with van der Waals surface area (Å²) in [6.45, 7) is 2.25. The van der Waals surface area contributed by atoms with Gasteiger partial charge in [0.25, 0.3) is 0 Å². The van der Waals surface area contributed by atoms with Crippen molar-refractivity contribution in [3.63, 3.8) is 0 Å². The second kappa shape index (κ2) is 6.54. The number of ether oxygens (including phenoxy) is 1. The van der Waals surface area contributed by atoms with Crippen LogP contribution in [0.1, 0.15) is 19.3 Å². The van der Waals surface area contributed by atoms with Crippen molar-refractivity contribution in [3.05, 3.63) is 0 Å². The van der Waals surface area contributed by atoms with E-state index in [0.717, 1.165) is 25.9 Å². The van der Waals surface area contributed by atoms with Crippen LogP contribution in [0.4, 0.5) is 0 Å². The van der Waals surface area contributed by atoms with Crippen LogP contribution in [-0.2, 0) is 14.8 Å². The number of sulfonamides is 1. The van der Waals surface area contributed by atoms with Gasteiger partial charge in [0.15, 0.2) is 0 Å². The van der Waals surface area contributed by atoms with Crippen LogP contribution in [0.2, 0.25) is 0 Å². The third-order valence-electron chi connectivity index (χ3n) is 2.97. The fourth-order valence-corrected chi connectivity index (χ4v) is 3.31. The number of piperidine rings is 1. The van der Waals surface area contributed by atoms with Crippen molar-refractivity contribution in [1.82, 2.24) is 9.62 Å². The molecule has 5 nitrogen and oxygen atoms in total. The Bertz CT molecular complexity index is 286. The minimum Gasteiger partial charge on any atom is -0.385 e. The molecular weight excluding hydrogens is 228 g/mol. The maximum atomic E-state index is 11.9. The summed E-state index contributed by atoms with van der Waals surface area (Å²) < 4.78 is 30.3. The molecule has 1 aliphatic heterocycles. The van der Waals surface area contributed by atoms with Crippen molar-refractivity contribution < 1.29 is 13.2 Å². The molecule has 1 fully saturated rings. The molecule has 96 valence electrons. The highest BCUT2D eigenvalue weighted by molar-refractivity contribution is 7.89.